The molecule has 0 saturated heterocycles. The first kappa shape index (κ1) is 13.1. The molecule has 90 valence electrons. The van der Waals surface area contributed by atoms with Gasteiger partial charge in [-0.25, -0.2) is 0 Å². The van der Waals surface area contributed by atoms with Crippen molar-refractivity contribution in [2.75, 3.05) is 20.1 Å². The highest BCUT2D eigenvalue weighted by atomic mass is 35.5. The Hall–Kier alpha value is -0.930. The first-order chi connectivity index (χ1) is 7.74. The first-order valence-electron chi connectivity index (χ1n) is 5.19. The van der Waals surface area contributed by atoms with Gasteiger partial charge in [0.15, 0.2) is 11.5 Å². The molecule has 0 heterocycles. The Morgan fingerprint density at radius 3 is 2.62 bits per heavy atom. The molecule has 0 bridgehead atoms. The SMILES string of the molecule is COc1cccc(C(O)CCCCl)c1OC. The Kier molecular flexibility index (Phi) is 5.43. The van der Waals surface area contributed by atoms with Gasteiger partial charge in [0, 0.05) is 11.4 Å². The van der Waals surface area contributed by atoms with Gasteiger partial charge < -0.3 is 14.6 Å². The number of aliphatic hydroxyl groups excluding tert-OH is 1. The standard InChI is InChI=1S/C12H17ClO3/c1-15-11-7-3-5-9(12(11)16-2)10(14)6-4-8-13/h3,5,7,10,14H,4,6,8H2,1-2H3. The molecule has 1 unspecified atom stereocenters. The minimum absolute atomic E-state index is 0.545. The zero-order valence-electron chi connectivity index (χ0n) is 9.57. The summed E-state index contributed by atoms with van der Waals surface area (Å²) >= 11 is 5.60. The van der Waals surface area contributed by atoms with E-state index in [1.165, 1.54) is 0 Å². The molecule has 0 fully saturated rings. The third-order valence-corrected chi connectivity index (χ3v) is 2.67. The fourth-order valence-corrected chi connectivity index (χ4v) is 1.75. The van der Waals surface area contributed by atoms with Crippen molar-refractivity contribution in [2.24, 2.45) is 0 Å². The number of alkyl halides is 1. The molecule has 0 radical (unpaired) electrons. The van der Waals surface area contributed by atoms with E-state index in [0.29, 0.717) is 23.8 Å². The lowest BCUT2D eigenvalue weighted by Gasteiger charge is -2.16. The molecule has 0 aliphatic heterocycles. The number of methoxy groups -OCH3 is 2. The molecule has 0 aliphatic carbocycles. The van der Waals surface area contributed by atoms with E-state index in [1.807, 2.05) is 12.1 Å². The van der Waals surface area contributed by atoms with Crippen LogP contribution in [0.25, 0.3) is 0 Å². The summed E-state index contributed by atoms with van der Waals surface area (Å²) in [5.74, 6) is 1.76. The van der Waals surface area contributed by atoms with Gasteiger partial charge in [0.2, 0.25) is 0 Å². The highest BCUT2D eigenvalue weighted by molar-refractivity contribution is 6.17. The Balaban J connectivity index is 2.93. The third-order valence-electron chi connectivity index (χ3n) is 2.40. The minimum Gasteiger partial charge on any atom is -0.493 e. The molecule has 0 aromatic heterocycles. The minimum atomic E-state index is -0.566. The zero-order valence-corrected chi connectivity index (χ0v) is 10.3. The van der Waals surface area contributed by atoms with Gasteiger partial charge in [-0.05, 0) is 18.9 Å². The summed E-state index contributed by atoms with van der Waals surface area (Å²) in [6.07, 6.45) is 0.819. The predicted molar refractivity (Wildman–Crippen MR) is 64.5 cm³/mol. The lowest BCUT2D eigenvalue weighted by Crippen LogP contribution is -2.02. The summed E-state index contributed by atoms with van der Waals surface area (Å²) in [5.41, 5.74) is 0.743. The quantitative estimate of drug-likeness (QED) is 0.782. The average molecular weight is 245 g/mol. The molecule has 16 heavy (non-hydrogen) atoms. The van der Waals surface area contributed by atoms with E-state index in [0.717, 1.165) is 12.0 Å². The molecule has 1 aromatic rings. The number of hydrogen-bond acceptors (Lipinski definition) is 3. The molecule has 1 N–H and O–H groups in total. The number of aliphatic hydroxyl groups is 1. The lowest BCUT2D eigenvalue weighted by molar-refractivity contribution is 0.161. The van der Waals surface area contributed by atoms with E-state index in [2.05, 4.69) is 0 Å². The number of halogens is 1. The van der Waals surface area contributed by atoms with Crippen LogP contribution in [0.1, 0.15) is 24.5 Å². The monoisotopic (exact) mass is 244 g/mol. The average Bonchev–Trinajstić information content (AvgIpc) is 2.34. The van der Waals surface area contributed by atoms with Crippen molar-refractivity contribution in [1.82, 2.24) is 0 Å². The van der Waals surface area contributed by atoms with Gasteiger partial charge >= 0.3 is 0 Å². The fourth-order valence-electron chi connectivity index (χ4n) is 1.60. The van der Waals surface area contributed by atoms with Crippen LogP contribution in [-0.2, 0) is 0 Å². The Morgan fingerprint density at radius 1 is 1.31 bits per heavy atom. The summed E-state index contributed by atoms with van der Waals surface area (Å²) in [4.78, 5) is 0. The van der Waals surface area contributed by atoms with Crippen LogP contribution in [0.3, 0.4) is 0 Å². The van der Waals surface area contributed by atoms with Crippen molar-refractivity contribution in [2.45, 2.75) is 18.9 Å². The molecular formula is C12H17ClO3. The number of ether oxygens (including phenoxy) is 2. The summed E-state index contributed by atoms with van der Waals surface area (Å²) in [7, 11) is 3.14. The second-order valence-electron chi connectivity index (χ2n) is 3.43. The first-order valence-corrected chi connectivity index (χ1v) is 5.73. The maximum Gasteiger partial charge on any atom is 0.166 e. The van der Waals surface area contributed by atoms with Crippen LogP contribution in [-0.4, -0.2) is 25.2 Å². The Labute approximate surface area is 101 Å². The molecule has 0 aliphatic rings. The van der Waals surface area contributed by atoms with Gasteiger partial charge in [-0.1, -0.05) is 12.1 Å². The van der Waals surface area contributed by atoms with E-state index in [1.54, 1.807) is 20.3 Å². The second-order valence-corrected chi connectivity index (χ2v) is 3.81. The highest BCUT2D eigenvalue weighted by Gasteiger charge is 2.16. The molecule has 0 amide bonds. The van der Waals surface area contributed by atoms with Crippen molar-refractivity contribution in [1.29, 1.82) is 0 Å². The molecule has 1 rings (SSSR count). The van der Waals surface area contributed by atoms with Crippen LogP contribution in [0.15, 0.2) is 18.2 Å². The zero-order chi connectivity index (χ0) is 12.0. The van der Waals surface area contributed by atoms with Gasteiger partial charge in [-0.2, -0.15) is 0 Å². The van der Waals surface area contributed by atoms with Crippen molar-refractivity contribution >= 4 is 11.6 Å². The lowest BCUT2D eigenvalue weighted by atomic mass is 10.0. The molecule has 1 atom stereocenters. The van der Waals surface area contributed by atoms with Crippen molar-refractivity contribution in [3.8, 4) is 11.5 Å². The van der Waals surface area contributed by atoms with Crippen LogP contribution >= 0.6 is 11.6 Å². The smallest absolute Gasteiger partial charge is 0.166 e. The summed E-state index contributed by atoms with van der Waals surface area (Å²) in [6.45, 7) is 0. The van der Waals surface area contributed by atoms with Crippen LogP contribution in [0.5, 0.6) is 11.5 Å². The van der Waals surface area contributed by atoms with Gasteiger partial charge in [-0.3, -0.25) is 0 Å². The highest BCUT2D eigenvalue weighted by Crippen LogP contribution is 2.35. The van der Waals surface area contributed by atoms with Gasteiger partial charge in [-0.15, -0.1) is 11.6 Å². The fraction of sp³-hybridized carbons (Fsp3) is 0.500. The number of benzene rings is 1. The third kappa shape index (κ3) is 3.03. The Bertz CT molecular complexity index is 328. The number of rotatable bonds is 6. The van der Waals surface area contributed by atoms with E-state index in [4.69, 9.17) is 21.1 Å². The molecular weight excluding hydrogens is 228 g/mol. The maximum atomic E-state index is 9.99. The van der Waals surface area contributed by atoms with Gasteiger partial charge in [0.1, 0.15) is 0 Å². The van der Waals surface area contributed by atoms with Crippen molar-refractivity contribution < 1.29 is 14.6 Å². The second kappa shape index (κ2) is 6.61. The van der Waals surface area contributed by atoms with Crippen LogP contribution in [0, 0.1) is 0 Å². The van der Waals surface area contributed by atoms with Gasteiger partial charge in [0.25, 0.3) is 0 Å². The molecule has 0 spiro atoms. The topological polar surface area (TPSA) is 38.7 Å². The van der Waals surface area contributed by atoms with E-state index in [9.17, 15) is 5.11 Å². The maximum absolute atomic E-state index is 9.99. The molecule has 3 nitrogen and oxygen atoms in total. The molecule has 0 saturated carbocycles. The largest absolute Gasteiger partial charge is 0.493 e. The van der Waals surface area contributed by atoms with E-state index in [-0.39, 0.29) is 0 Å². The van der Waals surface area contributed by atoms with Crippen LogP contribution in [0.2, 0.25) is 0 Å². The predicted octanol–water partition coefficient (Wildman–Crippen LogP) is 2.76. The summed E-state index contributed by atoms with van der Waals surface area (Å²) in [6, 6.07) is 5.47. The number of hydrogen-bond donors (Lipinski definition) is 1. The van der Waals surface area contributed by atoms with Gasteiger partial charge in [0.05, 0.1) is 20.3 Å². The van der Waals surface area contributed by atoms with Crippen molar-refractivity contribution in [3.63, 3.8) is 0 Å². The normalized spacial score (nSPS) is 12.2. The van der Waals surface area contributed by atoms with E-state index < -0.39 is 6.10 Å². The molecule has 1 aromatic carbocycles. The Morgan fingerprint density at radius 2 is 2.06 bits per heavy atom. The summed E-state index contributed by atoms with van der Waals surface area (Å²) < 4.78 is 10.4. The summed E-state index contributed by atoms with van der Waals surface area (Å²) in [5, 5.41) is 9.99. The number of para-hydroxylation sites is 1. The molecule has 4 heteroatoms. The van der Waals surface area contributed by atoms with Crippen molar-refractivity contribution in [3.05, 3.63) is 23.8 Å². The van der Waals surface area contributed by atoms with Crippen LogP contribution in [0.4, 0.5) is 0 Å². The van der Waals surface area contributed by atoms with Crippen LogP contribution < -0.4 is 9.47 Å². The van der Waals surface area contributed by atoms with E-state index >= 15 is 0 Å².